The normalized spacial score (nSPS) is 23.2. The van der Waals surface area contributed by atoms with Crippen molar-refractivity contribution < 1.29 is 0 Å². The van der Waals surface area contributed by atoms with Gasteiger partial charge in [-0.2, -0.15) is 0 Å². The number of thiocarbonyl (C=S) groups is 1. The molecule has 0 amide bonds. The zero-order valence-corrected chi connectivity index (χ0v) is 24.2. The van der Waals surface area contributed by atoms with Crippen LogP contribution in [-0.4, -0.2) is 32.7 Å². The highest BCUT2D eigenvalue weighted by atomic mass is 35.5. The Bertz CT molecular complexity index is 1460. The Morgan fingerprint density at radius 3 is 2.46 bits per heavy atom. The molecule has 0 aliphatic carbocycles. The lowest BCUT2D eigenvalue weighted by atomic mass is 9.91. The van der Waals surface area contributed by atoms with Gasteiger partial charge in [0.1, 0.15) is 11.9 Å². The average molecular weight is 578 g/mol. The van der Waals surface area contributed by atoms with Crippen LogP contribution in [0.3, 0.4) is 0 Å². The topological polar surface area (TPSA) is 49.2 Å². The van der Waals surface area contributed by atoms with E-state index in [0.717, 1.165) is 46.7 Å². The molecule has 5 heterocycles. The van der Waals surface area contributed by atoms with Gasteiger partial charge in [0.15, 0.2) is 5.11 Å². The van der Waals surface area contributed by atoms with E-state index in [1.54, 1.807) is 6.20 Å². The molecular formula is C30H30Cl2N6S. The van der Waals surface area contributed by atoms with Gasteiger partial charge in [-0.25, -0.2) is 4.98 Å². The molecule has 2 saturated heterocycles. The first-order valence-electron chi connectivity index (χ1n) is 13.2. The third-order valence-electron chi connectivity index (χ3n) is 7.56. The summed E-state index contributed by atoms with van der Waals surface area (Å²) in [6, 6.07) is 19.8. The lowest BCUT2D eigenvalue weighted by Crippen LogP contribution is -2.38. The molecule has 0 unspecified atom stereocenters. The molecule has 0 spiro atoms. The van der Waals surface area contributed by atoms with Crippen LogP contribution in [0.15, 0.2) is 79.3 Å². The molecule has 4 atom stereocenters. The number of pyridine rings is 2. The summed E-state index contributed by atoms with van der Waals surface area (Å²) in [6.45, 7) is 6.65. The Hall–Kier alpha value is -3.13. The van der Waals surface area contributed by atoms with Crippen molar-refractivity contribution in [1.82, 2.24) is 19.9 Å². The van der Waals surface area contributed by atoms with E-state index in [1.165, 1.54) is 6.42 Å². The molecule has 6 nitrogen and oxygen atoms in total. The highest BCUT2D eigenvalue weighted by molar-refractivity contribution is 7.80. The van der Waals surface area contributed by atoms with Gasteiger partial charge in [0.2, 0.25) is 0 Å². The molecule has 0 radical (unpaired) electrons. The van der Waals surface area contributed by atoms with Gasteiger partial charge in [-0.1, -0.05) is 43.1 Å². The number of hydrogen-bond donors (Lipinski definition) is 1. The summed E-state index contributed by atoms with van der Waals surface area (Å²) in [6.07, 6.45) is 6.73. The Labute approximate surface area is 244 Å². The molecule has 2 aliphatic heterocycles. The van der Waals surface area contributed by atoms with Crippen LogP contribution in [0.5, 0.6) is 0 Å². The van der Waals surface area contributed by atoms with Crippen molar-refractivity contribution in [2.45, 2.75) is 32.4 Å². The van der Waals surface area contributed by atoms with Gasteiger partial charge in [0.25, 0.3) is 0 Å². The van der Waals surface area contributed by atoms with Crippen molar-refractivity contribution in [2.24, 2.45) is 11.8 Å². The minimum absolute atomic E-state index is 0.179. The summed E-state index contributed by atoms with van der Waals surface area (Å²) in [5.74, 6) is 2.05. The first-order valence-corrected chi connectivity index (χ1v) is 14.4. The van der Waals surface area contributed by atoms with Gasteiger partial charge in [-0.05, 0) is 85.1 Å². The SMILES string of the molecule is C[C@H]1C[C@H](C)CN(c2ccc(N3C(=S)N[C@@H](c4ccccn4)[C@@H]3c3cccn3-c3ccc(Cl)cn3)cc2Cl)C1. The molecule has 3 aromatic heterocycles. The zero-order valence-electron chi connectivity index (χ0n) is 21.8. The predicted molar refractivity (Wildman–Crippen MR) is 163 cm³/mol. The molecule has 4 aromatic rings. The number of hydrogen-bond acceptors (Lipinski definition) is 4. The number of nitrogens with one attached hydrogen (secondary N) is 1. The Morgan fingerprint density at radius 2 is 1.77 bits per heavy atom. The molecule has 0 saturated carbocycles. The number of halogens is 2. The van der Waals surface area contributed by atoms with Crippen molar-refractivity contribution in [2.75, 3.05) is 22.9 Å². The summed E-state index contributed by atoms with van der Waals surface area (Å²) >= 11 is 19.1. The molecular weight excluding hydrogens is 547 g/mol. The molecule has 2 fully saturated rings. The van der Waals surface area contributed by atoms with Gasteiger partial charge >= 0.3 is 0 Å². The molecule has 200 valence electrons. The fourth-order valence-electron chi connectivity index (χ4n) is 6.05. The largest absolute Gasteiger partial charge is 0.370 e. The number of anilines is 2. The Morgan fingerprint density at radius 1 is 0.949 bits per heavy atom. The van der Waals surface area contributed by atoms with Crippen LogP contribution in [0.4, 0.5) is 11.4 Å². The highest BCUT2D eigenvalue weighted by Gasteiger charge is 2.42. The first kappa shape index (κ1) is 26.1. The number of nitrogens with zero attached hydrogens (tertiary/aromatic N) is 5. The first-order chi connectivity index (χ1) is 18.9. The third-order valence-corrected chi connectivity index (χ3v) is 8.40. The van der Waals surface area contributed by atoms with Gasteiger partial charge in [0.05, 0.1) is 27.5 Å². The molecule has 1 N–H and O–H groups in total. The van der Waals surface area contributed by atoms with E-state index < -0.39 is 0 Å². The van der Waals surface area contributed by atoms with Crippen LogP contribution in [0.25, 0.3) is 5.82 Å². The van der Waals surface area contributed by atoms with Crippen LogP contribution in [0, 0.1) is 11.8 Å². The maximum Gasteiger partial charge on any atom is 0.174 e. The van der Waals surface area contributed by atoms with Crippen LogP contribution in [-0.2, 0) is 0 Å². The van der Waals surface area contributed by atoms with Gasteiger partial charge < -0.3 is 19.7 Å². The summed E-state index contributed by atoms with van der Waals surface area (Å²) in [5.41, 5.74) is 3.93. The second kappa shape index (κ2) is 10.8. The lowest BCUT2D eigenvalue weighted by molar-refractivity contribution is 0.357. The fraction of sp³-hybridized carbons (Fsp3) is 0.300. The highest BCUT2D eigenvalue weighted by Crippen LogP contribution is 2.44. The second-order valence-electron chi connectivity index (χ2n) is 10.6. The summed E-state index contributed by atoms with van der Waals surface area (Å²) in [4.78, 5) is 13.8. The van der Waals surface area contributed by atoms with Crippen LogP contribution >= 0.6 is 35.4 Å². The van der Waals surface area contributed by atoms with Crippen molar-refractivity contribution >= 4 is 51.9 Å². The molecule has 6 rings (SSSR count). The van der Waals surface area contributed by atoms with Crippen molar-refractivity contribution in [3.63, 3.8) is 0 Å². The average Bonchev–Trinajstić information content (AvgIpc) is 3.53. The number of piperidine rings is 1. The van der Waals surface area contributed by atoms with Crippen molar-refractivity contribution in [1.29, 1.82) is 0 Å². The lowest BCUT2D eigenvalue weighted by Gasteiger charge is -2.37. The monoisotopic (exact) mass is 576 g/mol. The second-order valence-corrected chi connectivity index (χ2v) is 11.9. The molecule has 1 aromatic carbocycles. The van der Waals surface area contributed by atoms with Crippen LogP contribution in [0.2, 0.25) is 10.0 Å². The van der Waals surface area contributed by atoms with Gasteiger partial charge in [-0.3, -0.25) is 4.98 Å². The third kappa shape index (κ3) is 5.11. The Balaban J connectivity index is 1.42. The van der Waals surface area contributed by atoms with Crippen molar-refractivity contribution in [3.8, 4) is 5.82 Å². The summed E-state index contributed by atoms with van der Waals surface area (Å²) in [5, 5.41) is 5.48. The van der Waals surface area contributed by atoms with E-state index >= 15 is 0 Å². The maximum atomic E-state index is 6.98. The minimum atomic E-state index is -0.197. The smallest absolute Gasteiger partial charge is 0.174 e. The van der Waals surface area contributed by atoms with Crippen LogP contribution in [0.1, 0.15) is 43.7 Å². The number of benzene rings is 1. The number of aromatic nitrogens is 3. The van der Waals surface area contributed by atoms with E-state index in [9.17, 15) is 0 Å². The zero-order chi connectivity index (χ0) is 27.1. The molecule has 0 bridgehead atoms. The molecule has 2 aliphatic rings. The van der Waals surface area contributed by atoms with E-state index in [0.29, 0.717) is 22.0 Å². The summed E-state index contributed by atoms with van der Waals surface area (Å²) in [7, 11) is 0. The van der Waals surface area contributed by atoms with E-state index in [2.05, 4.69) is 61.7 Å². The van der Waals surface area contributed by atoms with Gasteiger partial charge in [-0.15, -0.1) is 0 Å². The van der Waals surface area contributed by atoms with E-state index in [-0.39, 0.29) is 12.1 Å². The van der Waals surface area contributed by atoms with Crippen molar-refractivity contribution in [3.05, 3.63) is 101 Å². The van der Waals surface area contributed by atoms with E-state index in [1.807, 2.05) is 54.9 Å². The quantitative estimate of drug-likeness (QED) is 0.253. The molecule has 39 heavy (non-hydrogen) atoms. The minimum Gasteiger partial charge on any atom is -0.370 e. The van der Waals surface area contributed by atoms with Crippen LogP contribution < -0.4 is 15.1 Å². The maximum absolute atomic E-state index is 6.98. The fourth-order valence-corrected chi connectivity index (χ4v) is 6.80. The molecule has 9 heteroatoms. The summed E-state index contributed by atoms with van der Waals surface area (Å²) < 4.78 is 2.08. The standard InChI is InChI=1S/C30H30Cl2N6S/c1-19-14-20(2)18-36(17-19)25-10-9-22(15-23(25)32)38-29(28(35-30(38)39)24-6-3-4-12-33-24)26-7-5-13-37(26)27-11-8-21(31)16-34-27/h3-13,15-16,19-20,28-29H,14,17-18H2,1-2H3,(H,35,39)/t19-,20-,28-,29-/m0/s1. The Kier molecular flexibility index (Phi) is 7.23. The predicted octanol–water partition coefficient (Wildman–Crippen LogP) is 7.23. The number of rotatable bonds is 5. The van der Waals surface area contributed by atoms with E-state index in [4.69, 9.17) is 35.4 Å². The van der Waals surface area contributed by atoms with Gasteiger partial charge in [0, 0.05) is 43.1 Å².